The molecule has 110 valence electrons. The van der Waals surface area contributed by atoms with Gasteiger partial charge in [-0.25, -0.2) is 15.1 Å². The van der Waals surface area contributed by atoms with E-state index in [0.717, 1.165) is 11.1 Å². The average Bonchev–Trinajstić information content (AvgIpc) is 2.92. The van der Waals surface area contributed by atoms with Gasteiger partial charge in [0.15, 0.2) is 5.54 Å². The molecule has 0 bridgehead atoms. The smallest absolute Gasteiger partial charge is 0.412 e. The van der Waals surface area contributed by atoms with E-state index in [1.165, 1.54) is 0 Å². The van der Waals surface area contributed by atoms with Gasteiger partial charge in [0.1, 0.15) is 18.1 Å². The maximum atomic E-state index is 10.8. The highest BCUT2D eigenvalue weighted by molar-refractivity contribution is 5.91. The number of hydrogen-bond donors (Lipinski definition) is 2. The average molecular weight is 297 g/mol. The van der Waals surface area contributed by atoms with Gasteiger partial charge in [0.05, 0.1) is 0 Å². The summed E-state index contributed by atoms with van der Waals surface area (Å²) in [5, 5.41) is 11.0. The largest absolute Gasteiger partial charge is 0.465 e. The van der Waals surface area contributed by atoms with Crippen LogP contribution in [0.1, 0.15) is 11.1 Å². The lowest BCUT2D eigenvalue weighted by atomic mass is 9.82. The Morgan fingerprint density at radius 1 is 1.23 bits per heavy atom. The quantitative estimate of drug-likeness (QED) is 0.776. The van der Waals surface area contributed by atoms with Crippen LogP contribution in [0.15, 0.2) is 47.7 Å². The number of hydrogen-bond acceptors (Lipinski definition) is 5. The standard InChI is InChI=1S/C15H11N3O4/c19-14(20)17-13-18-15(8-21-13)9-3-1-2-4-11(9)22-12-5-6-16-7-10(12)15/h1-7H,8H2,(H,17,18)(H,19,20). The molecule has 22 heavy (non-hydrogen) atoms. The summed E-state index contributed by atoms with van der Waals surface area (Å²) in [5.74, 6) is 1.31. The van der Waals surface area contributed by atoms with Crippen molar-refractivity contribution in [2.75, 3.05) is 6.61 Å². The molecule has 1 atom stereocenters. The fraction of sp³-hybridized carbons (Fsp3) is 0.133. The molecule has 7 nitrogen and oxygen atoms in total. The molecule has 0 aliphatic carbocycles. The molecule has 4 rings (SSSR count). The first-order valence-electron chi connectivity index (χ1n) is 6.63. The van der Waals surface area contributed by atoms with E-state index in [2.05, 4.69) is 15.3 Å². The van der Waals surface area contributed by atoms with Crippen molar-refractivity contribution in [2.45, 2.75) is 5.54 Å². The number of ether oxygens (including phenoxy) is 2. The summed E-state index contributed by atoms with van der Waals surface area (Å²) in [6, 6.07) is 9.21. The third-order valence-corrected chi connectivity index (χ3v) is 3.70. The Hall–Kier alpha value is -3.09. The van der Waals surface area contributed by atoms with Crippen LogP contribution >= 0.6 is 0 Å². The van der Waals surface area contributed by atoms with Crippen LogP contribution in [0.25, 0.3) is 0 Å². The number of aliphatic imine (C=N–C) groups is 1. The summed E-state index contributed by atoms with van der Waals surface area (Å²) < 4.78 is 11.3. The highest BCUT2D eigenvalue weighted by Gasteiger charge is 2.47. The number of amidine groups is 1. The van der Waals surface area contributed by atoms with Gasteiger partial charge in [-0.1, -0.05) is 18.2 Å². The normalized spacial score (nSPS) is 21.2. The Bertz CT molecular complexity index is 757. The Balaban J connectivity index is 1.92. The Kier molecular flexibility index (Phi) is 2.56. The number of carboxylic acid groups (broad SMARTS) is 1. The van der Waals surface area contributed by atoms with Gasteiger partial charge in [-0.3, -0.25) is 4.98 Å². The summed E-state index contributed by atoms with van der Waals surface area (Å²) in [5.41, 5.74) is 0.713. The lowest BCUT2D eigenvalue weighted by Gasteiger charge is -2.32. The number of rotatable bonds is 0. The van der Waals surface area contributed by atoms with Gasteiger partial charge in [0, 0.05) is 23.5 Å². The zero-order chi connectivity index (χ0) is 15.2. The molecule has 2 aliphatic heterocycles. The summed E-state index contributed by atoms with van der Waals surface area (Å²) >= 11 is 0. The fourth-order valence-electron chi connectivity index (χ4n) is 2.78. The Labute approximate surface area is 125 Å². The van der Waals surface area contributed by atoms with Gasteiger partial charge in [-0.05, 0) is 12.1 Å². The summed E-state index contributed by atoms with van der Waals surface area (Å²) in [6.07, 6.45) is 2.08. The monoisotopic (exact) mass is 297 g/mol. The predicted molar refractivity (Wildman–Crippen MR) is 76.1 cm³/mol. The van der Waals surface area contributed by atoms with Gasteiger partial charge in [-0.15, -0.1) is 0 Å². The highest BCUT2D eigenvalue weighted by Crippen LogP contribution is 2.50. The molecule has 0 radical (unpaired) electrons. The van der Waals surface area contributed by atoms with E-state index in [9.17, 15) is 4.79 Å². The minimum atomic E-state index is -1.22. The predicted octanol–water partition coefficient (Wildman–Crippen LogP) is 2.08. The van der Waals surface area contributed by atoms with Crippen LogP contribution in [0, 0.1) is 0 Å². The number of pyridine rings is 1. The lowest BCUT2D eigenvalue weighted by molar-refractivity contribution is 0.195. The summed E-state index contributed by atoms with van der Waals surface area (Å²) in [7, 11) is 0. The second kappa shape index (κ2) is 4.45. The van der Waals surface area contributed by atoms with E-state index in [1.807, 2.05) is 24.3 Å². The fourth-order valence-corrected chi connectivity index (χ4v) is 2.78. The maximum Gasteiger partial charge on any atom is 0.412 e. The molecule has 1 amide bonds. The lowest BCUT2D eigenvalue weighted by Crippen LogP contribution is -2.31. The van der Waals surface area contributed by atoms with E-state index in [4.69, 9.17) is 14.6 Å². The topological polar surface area (TPSA) is 93.0 Å². The van der Waals surface area contributed by atoms with Crippen LogP contribution in [0.3, 0.4) is 0 Å². The van der Waals surface area contributed by atoms with Gasteiger partial charge < -0.3 is 14.6 Å². The molecule has 1 unspecified atom stereocenters. The van der Waals surface area contributed by atoms with Crippen molar-refractivity contribution in [1.82, 2.24) is 10.3 Å². The molecular weight excluding hydrogens is 286 g/mol. The first kappa shape index (κ1) is 12.6. The Morgan fingerprint density at radius 3 is 2.91 bits per heavy atom. The molecule has 7 heteroatoms. The summed E-state index contributed by atoms with van der Waals surface area (Å²) in [6.45, 7) is 0.182. The second-order valence-electron chi connectivity index (χ2n) is 4.97. The second-order valence-corrected chi connectivity index (χ2v) is 4.97. The highest BCUT2D eigenvalue weighted by atomic mass is 16.5. The van der Waals surface area contributed by atoms with Crippen molar-refractivity contribution in [2.24, 2.45) is 4.99 Å². The van der Waals surface area contributed by atoms with E-state index in [0.29, 0.717) is 11.5 Å². The molecule has 1 spiro atoms. The van der Waals surface area contributed by atoms with Crippen molar-refractivity contribution >= 4 is 12.1 Å². The molecule has 3 heterocycles. The molecule has 0 saturated heterocycles. The van der Waals surface area contributed by atoms with Crippen LogP contribution in [0.5, 0.6) is 11.5 Å². The van der Waals surface area contributed by atoms with Crippen molar-refractivity contribution in [3.05, 3.63) is 53.9 Å². The van der Waals surface area contributed by atoms with E-state index in [-0.39, 0.29) is 12.6 Å². The molecule has 1 aromatic heterocycles. The van der Waals surface area contributed by atoms with Gasteiger partial charge in [-0.2, -0.15) is 0 Å². The molecular formula is C15H11N3O4. The Morgan fingerprint density at radius 2 is 2.05 bits per heavy atom. The molecule has 2 aromatic rings. The third-order valence-electron chi connectivity index (χ3n) is 3.70. The summed E-state index contributed by atoms with van der Waals surface area (Å²) in [4.78, 5) is 19.4. The van der Waals surface area contributed by atoms with Crippen LogP contribution in [0.4, 0.5) is 4.79 Å². The number of para-hydroxylation sites is 1. The SMILES string of the molecule is O=C(O)NC1=NC2(CO1)c1ccccc1Oc1ccncc12. The minimum absolute atomic E-state index is 0.0287. The van der Waals surface area contributed by atoms with Gasteiger partial charge in [0.25, 0.3) is 6.02 Å². The van der Waals surface area contributed by atoms with E-state index < -0.39 is 11.6 Å². The molecule has 2 N–H and O–H groups in total. The van der Waals surface area contributed by atoms with Crippen molar-refractivity contribution in [3.63, 3.8) is 0 Å². The first-order valence-corrected chi connectivity index (χ1v) is 6.63. The molecule has 2 aliphatic rings. The van der Waals surface area contributed by atoms with Gasteiger partial charge >= 0.3 is 6.09 Å². The molecule has 0 saturated carbocycles. The van der Waals surface area contributed by atoms with Crippen molar-refractivity contribution < 1.29 is 19.4 Å². The van der Waals surface area contributed by atoms with Crippen LogP contribution < -0.4 is 10.1 Å². The number of nitrogens with zero attached hydrogens (tertiary/aromatic N) is 2. The number of benzene rings is 1. The zero-order valence-corrected chi connectivity index (χ0v) is 11.3. The molecule has 0 fully saturated rings. The maximum absolute atomic E-state index is 10.8. The third kappa shape index (κ3) is 1.72. The molecule has 1 aromatic carbocycles. The van der Waals surface area contributed by atoms with Crippen molar-refractivity contribution in [3.8, 4) is 11.5 Å². The van der Waals surface area contributed by atoms with Crippen LogP contribution in [-0.2, 0) is 10.3 Å². The van der Waals surface area contributed by atoms with Gasteiger partial charge in [0.2, 0.25) is 0 Å². The minimum Gasteiger partial charge on any atom is -0.465 e. The first-order chi connectivity index (χ1) is 10.7. The number of fused-ring (bicyclic) bond motifs is 4. The number of amides is 1. The van der Waals surface area contributed by atoms with E-state index >= 15 is 0 Å². The van der Waals surface area contributed by atoms with E-state index in [1.54, 1.807) is 18.5 Å². The van der Waals surface area contributed by atoms with Crippen LogP contribution in [-0.4, -0.2) is 28.8 Å². The van der Waals surface area contributed by atoms with Crippen molar-refractivity contribution in [1.29, 1.82) is 0 Å². The number of aromatic nitrogens is 1. The number of nitrogens with one attached hydrogen (secondary N) is 1. The zero-order valence-electron chi connectivity index (χ0n) is 11.3. The van der Waals surface area contributed by atoms with Crippen LogP contribution in [0.2, 0.25) is 0 Å². The number of carbonyl (C=O) groups is 1.